The molecule has 1 fully saturated rings. The molecular weight excluding hydrogens is 294 g/mol. The summed E-state index contributed by atoms with van der Waals surface area (Å²) >= 11 is 5.97. The highest BCUT2D eigenvalue weighted by atomic mass is 35.5. The van der Waals surface area contributed by atoms with E-state index >= 15 is 0 Å². The molecule has 1 N–H and O–H groups in total. The van der Waals surface area contributed by atoms with E-state index in [9.17, 15) is 4.79 Å². The molecule has 0 aromatic heterocycles. The molecule has 1 saturated carbocycles. The summed E-state index contributed by atoms with van der Waals surface area (Å²) in [7, 11) is 0. The first-order valence-corrected chi connectivity index (χ1v) is 8.12. The molecule has 2 nitrogen and oxygen atoms in total. The molecule has 3 rings (SSSR count). The van der Waals surface area contributed by atoms with Gasteiger partial charge >= 0.3 is 0 Å². The average Bonchev–Trinajstić information content (AvgIpc) is 2.49. The van der Waals surface area contributed by atoms with Gasteiger partial charge in [-0.3, -0.25) is 4.79 Å². The third-order valence-electron chi connectivity index (χ3n) is 4.60. The molecule has 22 heavy (non-hydrogen) atoms. The third kappa shape index (κ3) is 3.33. The molecule has 2 aromatic rings. The lowest BCUT2D eigenvalue weighted by atomic mass is 9.64. The number of amides is 1. The van der Waals surface area contributed by atoms with Crippen molar-refractivity contribution in [2.45, 2.75) is 31.1 Å². The highest BCUT2D eigenvalue weighted by Crippen LogP contribution is 2.43. The second-order valence-electron chi connectivity index (χ2n) is 6.08. The first-order chi connectivity index (χ1) is 10.7. The summed E-state index contributed by atoms with van der Waals surface area (Å²) in [6.07, 6.45) is 3.91. The van der Waals surface area contributed by atoms with E-state index in [4.69, 9.17) is 11.6 Å². The van der Waals surface area contributed by atoms with Crippen LogP contribution in [0.15, 0.2) is 54.6 Å². The minimum atomic E-state index is 0.0893. The predicted octanol–water partition coefficient (Wildman–Crippen LogP) is 4.12. The lowest BCUT2D eigenvalue weighted by molar-refractivity contribution is -0.120. The zero-order valence-corrected chi connectivity index (χ0v) is 13.3. The normalized spacial score (nSPS) is 15.9. The number of hydrogen-bond donors (Lipinski definition) is 1. The van der Waals surface area contributed by atoms with Crippen molar-refractivity contribution in [1.29, 1.82) is 0 Å². The van der Waals surface area contributed by atoms with E-state index in [0.29, 0.717) is 13.0 Å². The third-order valence-corrected chi connectivity index (χ3v) is 4.85. The largest absolute Gasteiger partial charge is 0.355 e. The fourth-order valence-electron chi connectivity index (χ4n) is 3.09. The quantitative estimate of drug-likeness (QED) is 0.884. The number of benzene rings is 2. The summed E-state index contributed by atoms with van der Waals surface area (Å²) in [6, 6.07) is 17.9. The number of halogens is 1. The van der Waals surface area contributed by atoms with Gasteiger partial charge in [-0.1, -0.05) is 60.5 Å². The summed E-state index contributed by atoms with van der Waals surface area (Å²) in [5.74, 6) is 0.0893. The molecule has 1 aliphatic rings. The Hall–Kier alpha value is -1.80. The highest BCUT2D eigenvalue weighted by molar-refractivity contribution is 6.30. The smallest absolute Gasteiger partial charge is 0.224 e. The second-order valence-corrected chi connectivity index (χ2v) is 6.52. The second kappa shape index (κ2) is 6.53. The van der Waals surface area contributed by atoms with Crippen LogP contribution in [0.4, 0.5) is 0 Å². The molecule has 0 heterocycles. The fourth-order valence-corrected chi connectivity index (χ4v) is 3.21. The number of nitrogens with one attached hydrogen (secondary N) is 1. The Labute approximate surface area is 136 Å². The monoisotopic (exact) mass is 313 g/mol. The molecule has 3 heteroatoms. The molecule has 0 unspecified atom stereocenters. The van der Waals surface area contributed by atoms with Gasteiger partial charge in [-0.2, -0.15) is 0 Å². The summed E-state index contributed by atoms with van der Waals surface area (Å²) in [5, 5.41) is 3.87. The Morgan fingerprint density at radius 2 is 1.73 bits per heavy atom. The maximum Gasteiger partial charge on any atom is 0.224 e. The van der Waals surface area contributed by atoms with E-state index in [1.54, 1.807) is 0 Å². The van der Waals surface area contributed by atoms with Crippen LogP contribution in [0, 0.1) is 0 Å². The van der Waals surface area contributed by atoms with Crippen LogP contribution in [0.1, 0.15) is 30.4 Å². The van der Waals surface area contributed by atoms with Gasteiger partial charge < -0.3 is 5.32 Å². The molecule has 114 valence electrons. The van der Waals surface area contributed by atoms with Crippen LogP contribution in [-0.4, -0.2) is 12.5 Å². The van der Waals surface area contributed by atoms with Crippen LogP contribution in [-0.2, 0) is 16.6 Å². The molecule has 2 aromatic carbocycles. The first kappa shape index (κ1) is 15.1. The number of carbonyl (C=O) groups excluding carboxylic acids is 1. The molecule has 1 amide bonds. The van der Waals surface area contributed by atoms with Crippen molar-refractivity contribution < 1.29 is 4.79 Å². The van der Waals surface area contributed by atoms with Crippen LogP contribution >= 0.6 is 11.6 Å². The maximum absolute atomic E-state index is 12.2. The van der Waals surface area contributed by atoms with E-state index < -0.39 is 0 Å². The van der Waals surface area contributed by atoms with Crippen molar-refractivity contribution in [2.24, 2.45) is 0 Å². The predicted molar refractivity (Wildman–Crippen MR) is 90.1 cm³/mol. The molecular formula is C19H20ClNO. The van der Waals surface area contributed by atoms with Gasteiger partial charge in [-0.15, -0.1) is 0 Å². The van der Waals surface area contributed by atoms with Crippen LogP contribution in [0.5, 0.6) is 0 Å². The van der Waals surface area contributed by atoms with Gasteiger partial charge in [-0.05, 0) is 36.1 Å². The highest BCUT2D eigenvalue weighted by Gasteiger charge is 2.38. The average molecular weight is 314 g/mol. The van der Waals surface area contributed by atoms with Crippen molar-refractivity contribution >= 4 is 17.5 Å². The van der Waals surface area contributed by atoms with Gasteiger partial charge in [-0.25, -0.2) is 0 Å². The van der Waals surface area contributed by atoms with Crippen molar-refractivity contribution in [1.82, 2.24) is 5.32 Å². The Morgan fingerprint density at radius 1 is 1.05 bits per heavy atom. The van der Waals surface area contributed by atoms with Gasteiger partial charge in [0, 0.05) is 17.0 Å². The first-order valence-electron chi connectivity index (χ1n) is 7.75. The Kier molecular flexibility index (Phi) is 4.49. The lowest BCUT2D eigenvalue weighted by Gasteiger charge is -2.42. The van der Waals surface area contributed by atoms with Crippen molar-refractivity contribution in [2.75, 3.05) is 6.54 Å². The van der Waals surface area contributed by atoms with Crippen molar-refractivity contribution in [3.63, 3.8) is 0 Å². The SMILES string of the molecule is O=C(Cc1ccccc1)NCC1(c2ccc(Cl)cc2)CCC1. The summed E-state index contributed by atoms with van der Waals surface area (Å²) in [6.45, 7) is 0.709. The molecule has 0 atom stereocenters. The van der Waals surface area contributed by atoms with Crippen LogP contribution < -0.4 is 5.32 Å². The van der Waals surface area contributed by atoms with E-state index in [1.165, 1.54) is 12.0 Å². The number of rotatable bonds is 5. The van der Waals surface area contributed by atoms with Crippen molar-refractivity contribution in [3.05, 3.63) is 70.7 Å². The summed E-state index contributed by atoms with van der Waals surface area (Å²) in [4.78, 5) is 12.2. The van der Waals surface area contributed by atoms with E-state index in [1.807, 2.05) is 42.5 Å². The maximum atomic E-state index is 12.2. The summed E-state index contributed by atoms with van der Waals surface area (Å²) in [5.41, 5.74) is 2.43. The van der Waals surface area contributed by atoms with Crippen molar-refractivity contribution in [3.8, 4) is 0 Å². The van der Waals surface area contributed by atoms with E-state index in [0.717, 1.165) is 23.4 Å². The Balaban J connectivity index is 1.61. The number of hydrogen-bond acceptors (Lipinski definition) is 1. The van der Waals surface area contributed by atoms with E-state index in [-0.39, 0.29) is 11.3 Å². The molecule has 0 aliphatic heterocycles. The molecule has 0 saturated heterocycles. The molecule has 1 aliphatic carbocycles. The van der Waals surface area contributed by atoms with Gasteiger partial charge in [0.05, 0.1) is 6.42 Å². The fraction of sp³-hybridized carbons (Fsp3) is 0.316. The minimum Gasteiger partial charge on any atom is -0.355 e. The van der Waals surface area contributed by atoms with E-state index in [2.05, 4.69) is 17.4 Å². The zero-order valence-electron chi connectivity index (χ0n) is 12.5. The van der Waals surface area contributed by atoms with Crippen LogP contribution in [0.3, 0.4) is 0 Å². The van der Waals surface area contributed by atoms with Gasteiger partial charge in [0.2, 0.25) is 5.91 Å². The van der Waals surface area contributed by atoms with Gasteiger partial charge in [0.15, 0.2) is 0 Å². The molecule has 0 bridgehead atoms. The Bertz CT molecular complexity index is 632. The van der Waals surface area contributed by atoms with Gasteiger partial charge in [0.1, 0.15) is 0 Å². The lowest BCUT2D eigenvalue weighted by Crippen LogP contribution is -2.45. The number of carbonyl (C=O) groups is 1. The molecule has 0 spiro atoms. The minimum absolute atomic E-state index is 0.0893. The zero-order chi connectivity index (χ0) is 15.4. The van der Waals surface area contributed by atoms with Gasteiger partial charge in [0.25, 0.3) is 0 Å². The topological polar surface area (TPSA) is 29.1 Å². The van der Waals surface area contributed by atoms with Crippen LogP contribution in [0.2, 0.25) is 5.02 Å². The molecule has 0 radical (unpaired) electrons. The Morgan fingerprint density at radius 3 is 2.32 bits per heavy atom. The standard InChI is InChI=1S/C19H20ClNO/c20-17-9-7-16(8-10-17)19(11-4-12-19)14-21-18(22)13-15-5-2-1-3-6-15/h1-3,5-10H,4,11-14H2,(H,21,22). The van der Waals surface area contributed by atoms with Crippen LogP contribution in [0.25, 0.3) is 0 Å². The summed E-state index contributed by atoms with van der Waals surface area (Å²) < 4.78 is 0.